The van der Waals surface area contributed by atoms with Crippen LogP contribution in [0.2, 0.25) is 0 Å². The molecule has 0 bridgehead atoms. The van der Waals surface area contributed by atoms with Gasteiger partial charge in [-0.05, 0) is 25.1 Å². The number of ether oxygens (including phenoxy) is 2. The molecule has 0 saturated carbocycles. The van der Waals surface area contributed by atoms with E-state index in [0.717, 1.165) is 12.1 Å². The lowest BCUT2D eigenvalue weighted by atomic mass is 10.2. The van der Waals surface area contributed by atoms with Gasteiger partial charge in [-0.2, -0.15) is 0 Å². The fourth-order valence-electron chi connectivity index (χ4n) is 1.58. The normalized spacial score (nSPS) is 12.0. The predicted octanol–water partition coefficient (Wildman–Crippen LogP) is -0.656. The van der Waals surface area contributed by atoms with E-state index < -0.39 is 34.0 Å². The molecule has 1 aromatic carbocycles. The molecule has 3 amide bonds. The highest BCUT2D eigenvalue weighted by Crippen LogP contribution is 2.23. The number of rotatable bonds is 5. The van der Waals surface area contributed by atoms with Gasteiger partial charge in [0.1, 0.15) is 11.3 Å². The SMILES string of the molecule is CNC(=O)NC(=O)C(C)OC(=O)c1cc(S(N)(=O)=O)ccc1OC. The summed E-state index contributed by atoms with van der Waals surface area (Å²) in [5.74, 6) is -1.84. The second-order valence-electron chi connectivity index (χ2n) is 4.52. The molecule has 0 aliphatic rings. The first-order valence-corrected chi connectivity index (χ1v) is 8.09. The van der Waals surface area contributed by atoms with E-state index in [4.69, 9.17) is 14.6 Å². The van der Waals surface area contributed by atoms with Crippen LogP contribution in [0.25, 0.3) is 0 Å². The smallest absolute Gasteiger partial charge is 0.342 e. The third-order valence-electron chi connectivity index (χ3n) is 2.84. The van der Waals surface area contributed by atoms with Crippen LogP contribution in [0.15, 0.2) is 23.1 Å². The molecular formula is C13H17N3O7S. The maximum atomic E-state index is 12.2. The molecule has 1 rings (SSSR count). The van der Waals surface area contributed by atoms with Gasteiger partial charge in [-0.1, -0.05) is 0 Å². The van der Waals surface area contributed by atoms with Crippen molar-refractivity contribution in [1.82, 2.24) is 10.6 Å². The molecule has 1 unspecified atom stereocenters. The van der Waals surface area contributed by atoms with Gasteiger partial charge >= 0.3 is 12.0 Å². The van der Waals surface area contributed by atoms with Crippen molar-refractivity contribution in [1.29, 1.82) is 0 Å². The maximum absolute atomic E-state index is 12.2. The number of esters is 1. The highest BCUT2D eigenvalue weighted by Gasteiger charge is 2.24. The van der Waals surface area contributed by atoms with E-state index in [-0.39, 0.29) is 16.2 Å². The van der Waals surface area contributed by atoms with E-state index in [0.29, 0.717) is 0 Å². The van der Waals surface area contributed by atoms with Gasteiger partial charge in [0.15, 0.2) is 6.10 Å². The number of methoxy groups -OCH3 is 1. The summed E-state index contributed by atoms with van der Waals surface area (Å²) >= 11 is 0. The summed E-state index contributed by atoms with van der Waals surface area (Å²) in [7, 11) is -1.47. The van der Waals surface area contributed by atoms with E-state index in [1.807, 2.05) is 5.32 Å². The Morgan fingerprint density at radius 3 is 2.38 bits per heavy atom. The first-order valence-electron chi connectivity index (χ1n) is 6.54. The van der Waals surface area contributed by atoms with Crippen LogP contribution in [0.5, 0.6) is 5.75 Å². The number of hydrogen-bond donors (Lipinski definition) is 3. The molecule has 4 N–H and O–H groups in total. The minimum Gasteiger partial charge on any atom is -0.496 e. The first-order chi connectivity index (χ1) is 11.1. The third kappa shape index (κ3) is 4.93. The Labute approximate surface area is 138 Å². The molecule has 10 nitrogen and oxygen atoms in total. The largest absolute Gasteiger partial charge is 0.496 e. The lowest BCUT2D eigenvalue weighted by molar-refractivity contribution is -0.127. The number of amides is 3. The van der Waals surface area contributed by atoms with Crippen molar-refractivity contribution >= 4 is 27.9 Å². The summed E-state index contributed by atoms with van der Waals surface area (Å²) in [5, 5.41) is 9.11. The fraction of sp³-hybridized carbons (Fsp3) is 0.308. The Bertz CT molecular complexity index is 761. The van der Waals surface area contributed by atoms with Gasteiger partial charge in [0.2, 0.25) is 10.0 Å². The van der Waals surface area contributed by atoms with Gasteiger partial charge < -0.3 is 14.8 Å². The molecule has 0 saturated heterocycles. The molecule has 0 aliphatic heterocycles. The number of urea groups is 1. The number of imide groups is 1. The Hall–Kier alpha value is -2.66. The molecule has 0 fully saturated rings. The van der Waals surface area contributed by atoms with Crippen LogP contribution in [0.4, 0.5) is 4.79 Å². The molecule has 1 atom stereocenters. The first kappa shape index (κ1) is 19.4. The van der Waals surface area contributed by atoms with Crippen molar-refractivity contribution in [3.8, 4) is 5.75 Å². The fourth-order valence-corrected chi connectivity index (χ4v) is 2.12. The molecule has 24 heavy (non-hydrogen) atoms. The zero-order valence-electron chi connectivity index (χ0n) is 13.2. The molecule has 0 aliphatic carbocycles. The number of primary sulfonamides is 1. The minimum atomic E-state index is -4.04. The topological polar surface area (TPSA) is 154 Å². The molecule has 0 heterocycles. The standard InChI is InChI=1S/C13H17N3O7S/c1-7(11(17)16-13(19)15-2)23-12(18)9-6-8(24(14,20)21)4-5-10(9)22-3/h4-7H,1-3H3,(H2,14,20,21)(H2,15,16,17,19). The Morgan fingerprint density at radius 2 is 1.88 bits per heavy atom. The van der Waals surface area contributed by atoms with Gasteiger partial charge in [-0.3, -0.25) is 10.1 Å². The average molecular weight is 359 g/mol. The van der Waals surface area contributed by atoms with E-state index in [1.54, 1.807) is 0 Å². The Morgan fingerprint density at radius 1 is 1.25 bits per heavy atom. The molecule has 0 radical (unpaired) electrons. The van der Waals surface area contributed by atoms with Crippen molar-refractivity contribution in [3.05, 3.63) is 23.8 Å². The van der Waals surface area contributed by atoms with Gasteiger partial charge in [-0.25, -0.2) is 23.1 Å². The van der Waals surface area contributed by atoms with Crippen LogP contribution in [-0.2, 0) is 19.6 Å². The van der Waals surface area contributed by atoms with Crippen molar-refractivity contribution in [2.45, 2.75) is 17.9 Å². The second-order valence-corrected chi connectivity index (χ2v) is 6.08. The van der Waals surface area contributed by atoms with Gasteiger partial charge in [0, 0.05) is 7.05 Å². The van der Waals surface area contributed by atoms with Crippen LogP contribution < -0.4 is 20.5 Å². The Balaban J connectivity index is 3.02. The monoisotopic (exact) mass is 359 g/mol. The van der Waals surface area contributed by atoms with Crippen LogP contribution >= 0.6 is 0 Å². The predicted molar refractivity (Wildman–Crippen MR) is 81.8 cm³/mol. The molecule has 0 spiro atoms. The molecule has 1 aromatic rings. The van der Waals surface area contributed by atoms with Gasteiger partial charge in [0.25, 0.3) is 5.91 Å². The highest BCUT2D eigenvalue weighted by atomic mass is 32.2. The van der Waals surface area contributed by atoms with E-state index in [2.05, 4.69) is 5.32 Å². The van der Waals surface area contributed by atoms with Crippen LogP contribution in [0, 0.1) is 0 Å². The lowest BCUT2D eigenvalue weighted by Gasteiger charge is -2.14. The molecule has 11 heteroatoms. The summed E-state index contributed by atoms with van der Waals surface area (Å²) in [4.78, 5) is 34.6. The number of sulfonamides is 1. The summed E-state index contributed by atoms with van der Waals surface area (Å²) in [6.07, 6.45) is -1.31. The maximum Gasteiger partial charge on any atom is 0.342 e. The number of carbonyl (C=O) groups excluding carboxylic acids is 3. The van der Waals surface area contributed by atoms with Crippen LogP contribution in [-0.4, -0.2) is 46.6 Å². The van der Waals surface area contributed by atoms with E-state index >= 15 is 0 Å². The molecular weight excluding hydrogens is 342 g/mol. The summed E-state index contributed by atoms with van der Waals surface area (Å²) < 4.78 is 32.6. The van der Waals surface area contributed by atoms with Gasteiger partial charge in [0.05, 0.1) is 12.0 Å². The van der Waals surface area contributed by atoms with Crippen molar-refractivity contribution < 1.29 is 32.3 Å². The van der Waals surface area contributed by atoms with Crippen molar-refractivity contribution in [2.24, 2.45) is 5.14 Å². The number of nitrogens with one attached hydrogen (secondary N) is 2. The van der Waals surface area contributed by atoms with E-state index in [9.17, 15) is 22.8 Å². The molecule has 0 aromatic heterocycles. The second kappa shape index (κ2) is 7.75. The number of benzene rings is 1. The number of nitrogens with two attached hydrogens (primary N) is 1. The van der Waals surface area contributed by atoms with Crippen molar-refractivity contribution in [2.75, 3.05) is 14.2 Å². The lowest BCUT2D eigenvalue weighted by Crippen LogP contribution is -2.43. The van der Waals surface area contributed by atoms with Crippen LogP contribution in [0.3, 0.4) is 0 Å². The highest BCUT2D eigenvalue weighted by molar-refractivity contribution is 7.89. The quantitative estimate of drug-likeness (QED) is 0.590. The van der Waals surface area contributed by atoms with E-state index in [1.165, 1.54) is 27.1 Å². The summed E-state index contributed by atoms with van der Waals surface area (Å²) in [5.41, 5.74) is -0.233. The summed E-state index contributed by atoms with van der Waals surface area (Å²) in [6, 6.07) is 2.59. The van der Waals surface area contributed by atoms with Crippen molar-refractivity contribution in [3.63, 3.8) is 0 Å². The minimum absolute atomic E-state index is 0.0336. The Kier molecular flexibility index (Phi) is 6.26. The summed E-state index contributed by atoms with van der Waals surface area (Å²) in [6.45, 7) is 1.24. The zero-order chi connectivity index (χ0) is 18.5. The number of carbonyl (C=O) groups is 3. The zero-order valence-corrected chi connectivity index (χ0v) is 14.0. The van der Waals surface area contributed by atoms with Crippen LogP contribution in [0.1, 0.15) is 17.3 Å². The average Bonchev–Trinajstić information content (AvgIpc) is 2.52. The number of hydrogen-bond acceptors (Lipinski definition) is 7. The van der Waals surface area contributed by atoms with Gasteiger partial charge in [-0.15, -0.1) is 0 Å². The third-order valence-corrected chi connectivity index (χ3v) is 3.75. The molecule has 132 valence electrons.